The van der Waals surface area contributed by atoms with E-state index in [0.29, 0.717) is 12.1 Å². The molecule has 0 bridgehead atoms. The summed E-state index contributed by atoms with van der Waals surface area (Å²) < 4.78 is 2.16. The summed E-state index contributed by atoms with van der Waals surface area (Å²) in [5.41, 5.74) is 3.67. The molecule has 0 radical (unpaired) electrons. The van der Waals surface area contributed by atoms with Crippen LogP contribution in [0.2, 0.25) is 0 Å². The third-order valence-corrected chi connectivity index (χ3v) is 4.57. The molecule has 0 N–H and O–H groups in total. The van der Waals surface area contributed by atoms with Crippen molar-refractivity contribution in [1.82, 2.24) is 19.7 Å². The number of likely N-dealkylation sites (tertiary alicyclic amines) is 1. The van der Waals surface area contributed by atoms with Gasteiger partial charge in [-0.25, -0.2) is 0 Å². The molecule has 2 unspecified atom stereocenters. The van der Waals surface area contributed by atoms with E-state index in [1.807, 2.05) is 18.5 Å². The Balaban J connectivity index is 1.75. The summed E-state index contributed by atoms with van der Waals surface area (Å²) in [6, 6.07) is 7.35. The lowest BCUT2D eigenvalue weighted by molar-refractivity contribution is 0.172. The predicted molar refractivity (Wildman–Crippen MR) is 84.1 cm³/mol. The quantitative estimate of drug-likeness (QED) is 0.865. The Morgan fingerprint density at radius 1 is 1.38 bits per heavy atom. The van der Waals surface area contributed by atoms with E-state index in [1.165, 1.54) is 30.6 Å². The normalized spacial score (nSPS) is 20.8. The van der Waals surface area contributed by atoms with Gasteiger partial charge >= 0.3 is 0 Å². The monoisotopic (exact) mass is 284 g/mol. The molecule has 0 saturated carbocycles. The van der Waals surface area contributed by atoms with Crippen molar-refractivity contribution in [1.29, 1.82) is 0 Å². The molecule has 3 rings (SSSR count). The Kier molecular flexibility index (Phi) is 4.06. The number of aromatic nitrogens is 3. The van der Waals surface area contributed by atoms with Crippen LogP contribution in [0, 0.1) is 13.8 Å². The molecule has 1 aliphatic heterocycles. The molecule has 0 aromatic carbocycles. The maximum Gasteiger partial charge on any atom is 0.0596 e. The largest absolute Gasteiger partial charge is 0.292 e. The lowest BCUT2D eigenvalue weighted by Crippen LogP contribution is -2.35. The van der Waals surface area contributed by atoms with Gasteiger partial charge in [-0.05, 0) is 57.9 Å². The van der Waals surface area contributed by atoms with Crippen LogP contribution in [0.3, 0.4) is 0 Å². The van der Waals surface area contributed by atoms with Crippen LogP contribution in [0.1, 0.15) is 42.8 Å². The number of aryl methyl sites for hydroxylation is 2. The molecule has 1 aliphatic rings. The van der Waals surface area contributed by atoms with Gasteiger partial charge < -0.3 is 0 Å². The molecule has 21 heavy (non-hydrogen) atoms. The minimum absolute atomic E-state index is 0.420. The van der Waals surface area contributed by atoms with E-state index in [9.17, 15) is 0 Å². The first kappa shape index (κ1) is 14.3. The molecule has 0 amide bonds. The Labute approximate surface area is 126 Å². The fraction of sp³-hybridized carbons (Fsp3) is 0.529. The molecule has 2 atom stereocenters. The zero-order valence-electron chi connectivity index (χ0n) is 13.2. The van der Waals surface area contributed by atoms with Crippen LogP contribution in [-0.4, -0.2) is 32.3 Å². The van der Waals surface area contributed by atoms with Crippen molar-refractivity contribution in [2.24, 2.45) is 0 Å². The highest BCUT2D eigenvalue weighted by atomic mass is 15.3. The van der Waals surface area contributed by atoms with Crippen LogP contribution in [-0.2, 0) is 6.54 Å². The molecule has 2 aromatic rings. The number of pyridine rings is 1. The summed E-state index contributed by atoms with van der Waals surface area (Å²) in [5.74, 6) is 0. The van der Waals surface area contributed by atoms with Crippen molar-refractivity contribution < 1.29 is 0 Å². The van der Waals surface area contributed by atoms with E-state index in [2.05, 4.69) is 52.6 Å². The lowest BCUT2D eigenvalue weighted by atomic mass is 10.1. The third-order valence-electron chi connectivity index (χ3n) is 4.57. The fourth-order valence-corrected chi connectivity index (χ4v) is 3.44. The van der Waals surface area contributed by atoms with Crippen molar-refractivity contribution in [2.75, 3.05) is 6.54 Å². The highest BCUT2D eigenvalue weighted by molar-refractivity contribution is 5.14. The molecule has 4 heteroatoms. The standard InChI is InChI=1S/C17H24N4/c1-13-10-14(2)21(19-13)12-17-7-5-9-20(17)15(3)16-6-4-8-18-11-16/h4,6,8,10-11,15,17H,5,7,9,12H2,1-3H3. The van der Waals surface area contributed by atoms with E-state index in [-0.39, 0.29) is 0 Å². The first-order chi connectivity index (χ1) is 10.1. The maximum atomic E-state index is 4.62. The van der Waals surface area contributed by atoms with Crippen molar-refractivity contribution in [3.05, 3.63) is 47.5 Å². The molecular weight excluding hydrogens is 260 g/mol. The van der Waals surface area contributed by atoms with Crippen LogP contribution in [0.5, 0.6) is 0 Å². The van der Waals surface area contributed by atoms with Gasteiger partial charge in [0, 0.05) is 30.2 Å². The maximum absolute atomic E-state index is 4.62. The Hall–Kier alpha value is -1.68. The van der Waals surface area contributed by atoms with Crippen LogP contribution in [0.15, 0.2) is 30.6 Å². The third kappa shape index (κ3) is 3.00. The van der Waals surface area contributed by atoms with E-state index in [1.54, 1.807) is 0 Å². The SMILES string of the molecule is Cc1cc(C)n(CC2CCCN2C(C)c2cccnc2)n1. The van der Waals surface area contributed by atoms with Crippen molar-refractivity contribution in [2.45, 2.75) is 52.2 Å². The van der Waals surface area contributed by atoms with Crippen LogP contribution >= 0.6 is 0 Å². The number of rotatable bonds is 4. The first-order valence-corrected chi connectivity index (χ1v) is 7.82. The van der Waals surface area contributed by atoms with Gasteiger partial charge in [0.25, 0.3) is 0 Å². The molecule has 4 nitrogen and oxygen atoms in total. The fourth-order valence-electron chi connectivity index (χ4n) is 3.44. The Morgan fingerprint density at radius 3 is 2.90 bits per heavy atom. The first-order valence-electron chi connectivity index (χ1n) is 7.82. The van der Waals surface area contributed by atoms with Gasteiger partial charge in [0.05, 0.1) is 12.2 Å². The second-order valence-corrected chi connectivity index (χ2v) is 6.11. The molecule has 112 valence electrons. The highest BCUT2D eigenvalue weighted by Gasteiger charge is 2.29. The summed E-state index contributed by atoms with van der Waals surface area (Å²) in [5, 5.41) is 4.62. The van der Waals surface area contributed by atoms with E-state index in [0.717, 1.165) is 12.2 Å². The van der Waals surface area contributed by atoms with Crippen LogP contribution < -0.4 is 0 Å². The number of nitrogens with zero attached hydrogens (tertiary/aromatic N) is 4. The van der Waals surface area contributed by atoms with Gasteiger partial charge in [0.1, 0.15) is 0 Å². The molecular formula is C17H24N4. The van der Waals surface area contributed by atoms with Gasteiger partial charge in [0.15, 0.2) is 0 Å². The minimum atomic E-state index is 0.420. The molecule has 1 saturated heterocycles. The summed E-state index contributed by atoms with van der Waals surface area (Å²) in [7, 11) is 0. The smallest absolute Gasteiger partial charge is 0.0596 e. The van der Waals surface area contributed by atoms with E-state index < -0.39 is 0 Å². The second kappa shape index (κ2) is 5.98. The van der Waals surface area contributed by atoms with Crippen molar-refractivity contribution >= 4 is 0 Å². The summed E-state index contributed by atoms with van der Waals surface area (Å²) in [4.78, 5) is 6.86. The van der Waals surface area contributed by atoms with Crippen LogP contribution in [0.4, 0.5) is 0 Å². The molecule has 1 fully saturated rings. The van der Waals surface area contributed by atoms with Crippen LogP contribution in [0.25, 0.3) is 0 Å². The molecule has 3 heterocycles. The van der Waals surface area contributed by atoms with Crippen molar-refractivity contribution in [3.63, 3.8) is 0 Å². The Morgan fingerprint density at radius 2 is 2.24 bits per heavy atom. The summed E-state index contributed by atoms with van der Waals surface area (Å²) in [6.07, 6.45) is 6.36. The zero-order valence-corrected chi connectivity index (χ0v) is 13.2. The molecule has 0 aliphatic carbocycles. The van der Waals surface area contributed by atoms with Gasteiger partial charge in [-0.2, -0.15) is 5.10 Å². The predicted octanol–water partition coefficient (Wildman–Crippen LogP) is 3.12. The average Bonchev–Trinajstić information content (AvgIpc) is 3.06. The van der Waals surface area contributed by atoms with Gasteiger partial charge in [0.2, 0.25) is 0 Å². The lowest BCUT2D eigenvalue weighted by Gasteiger charge is -2.31. The van der Waals surface area contributed by atoms with Crippen molar-refractivity contribution in [3.8, 4) is 0 Å². The summed E-state index contributed by atoms with van der Waals surface area (Å²) in [6.45, 7) is 8.65. The molecule has 2 aromatic heterocycles. The van der Waals surface area contributed by atoms with Gasteiger partial charge in [-0.3, -0.25) is 14.6 Å². The Bertz CT molecular complexity index is 590. The molecule has 0 spiro atoms. The topological polar surface area (TPSA) is 34.0 Å². The number of hydrogen-bond donors (Lipinski definition) is 0. The van der Waals surface area contributed by atoms with Gasteiger partial charge in [-0.1, -0.05) is 6.07 Å². The van der Waals surface area contributed by atoms with Gasteiger partial charge in [-0.15, -0.1) is 0 Å². The second-order valence-electron chi connectivity index (χ2n) is 6.11. The summed E-state index contributed by atoms with van der Waals surface area (Å²) >= 11 is 0. The average molecular weight is 284 g/mol. The zero-order chi connectivity index (χ0) is 14.8. The minimum Gasteiger partial charge on any atom is -0.292 e. The number of hydrogen-bond acceptors (Lipinski definition) is 3. The highest BCUT2D eigenvalue weighted by Crippen LogP contribution is 2.29. The van der Waals surface area contributed by atoms with E-state index >= 15 is 0 Å². The van der Waals surface area contributed by atoms with E-state index in [4.69, 9.17) is 0 Å².